The monoisotopic (exact) mass is 293 g/mol. The van der Waals surface area contributed by atoms with E-state index in [0.29, 0.717) is 14.2 Å². The van der Waals surface area contributed by atoms with E-state index in [1.54, 1.807) is 0 Å². The Hall–Kier alpha value is -1.36. The molecule has 0 rings (SSSR count). The minimum atomic E-state index is -5.76. The first-order valence-corrected chi connectivity index (χ1v) is 5.61. The fourth-order valence-corrected chi connectivity index (χ4v) is 2.02. The summed E-state index contributed by atoms with van der Waals surface area (Å²) in [6, 6.07) is 0. The third-order valence-electron chi connectivity index (χ3n) is 1.86. The fraction of sp³-hybridized carbons (Fsp3) is 0.714. The maximum Gasteiger partial charge on any atom is 0.404 e. The van der Waals surface area contributed by atoms with Crippen molar-refractivity contribution in [2.24, 2.45) is 5.92 Å². The number of halogens is 3. The molecule has 0 aliphatic heterocycles. The summed E-state index contributed by atoms with van der Waals surface area (Å²) in [6.07, 6.45) is -5.45. The predicted molar refractivity (Wildman–Crippen MR) is 47.1 cm³/mol. The summed E-state index contributed by atoms with van der Waals surface area (Å²) in [5, 5.41) is -3.24. The number of hydrogen-bond donors (Lipinski definition) is 0. The molecule has 0 fully saturated rings. The molecule has 2 atom stereocenters. The first kappa shape index (κ1) is 16.6. The van der Waals surface area contributed by atoms with Crippen molar-refractivity contribution in [3.8, 4) is 0 Å². The molecular formula is C7H8F3O7S-. The third kappa shape index (κ3) is 3.84. The van der Waals surface area contributed by atoms with Crippen LogP contribution in [0.1, 0.15) is 0 Å². The maximum atomic E-state index is 12.5. The van der Waals surface area contributed by atoms with Crippen LogP contribution >= 0.6 is 0 Å². The molecule has 0 radical (unpaired) electrons. The molecule has 0 aromatic heterocycles. The normalized spacial score (nSPS) is 15.7. The molecule has 11 heteroatoms. The van der Waals surface area contributed by atoms with Gasteiger partial charge < -0.3 is 14.0 Å². The van der Waals surface area contributed by atoms with Crippen LogP contribution in [0.15, 0.2) is 0 Å². The quantitative estimate of drug-likeness (QED) is 0.504. The second kappa shape index (κ2) is 5.52. The molecule has 0 aliphatic rings. The summed E-state index contributed by atoms with van der Waals surface area (Å²) in [6.45, 7) is 0. The number of rotatable bonds is 4. The van der Waals surface area contributed by atoms with Crippen LogP contribution in [-0.2, 0) is 29.2 Å². The number of methoxy groups -OCH3 is 2. The number of ether oxygens (including phenoxy) is 2. The molecule has 18 heavy (non-hydrogen) atoms. The van der Waals surface area contributed by atoms with Crippen LogP contribution in [0.5, 0.6) is 0 Å². The van der Waals surface area contributed by atoms with Gasteiger partial charge in [-0.25, -0.2) is 8.42 Å². The van der Waals surface area contributed by atoms with Gasteiger partial charge >= 0.3 is 18.1 Å². The van der Waals surface area contributed by atoms with Gasteiger partial charge in [0.15, 0.2) is 11.2 Å². The summed E-state index contributed by atoms with van der Waals surface area (Å²) in [5.74, 6) is -7.49. The lowest BCUT2D eigenvalue weighted by Gasteiger charge is -2.26. The molecule has 0 heterocycles. The van der Waals surface area contributed by atoms with Crippen LogP contribution in [-0.4, -0.2) is 50.6 Å². The minimum Gasteiger partial charge on any atom is -0.747 e. The first-order valence-electron chi connectivity index (χ1n) is 4.14. The molecule has 7 nitrogen and oxygen atoms in total. The highest BCUT2D eigenvalue weighted by molar-refractivity contribution is 7.87. The van der Waals surface area contributed by atoms with Gasteiger partial charge in [0.25, 0.3) is 0 Å². The van der Waals surface area contributed by atoms with Crippen LogP contribution < -0.4 is 0 Å². The number of carbonyl (C=O) groups is 2. The largest absolute Gasteiger partial charge is 0.747 e. The summed E-state index contributed by atoms with van der Waals surface area (Å²) >= 11 is 0. The highest BCUT2D eigenvalue weighted by Crippen LogP contribution is 2.33. The first-order chi connectivity index (χ1) is 7.96. The predicted octanol–water partition coefficient (Wildman–Crippen LogP) is -0.575. The Bertz CT molecular complexity index is 427. The standard InChI is InChI=1S/C7H9F3O7S/c1-16-5(11)3(7(8,9)10)4(6(12)17-2)18(13,14)15/h3-4H,1-2H3,(H,13,14,15)/p-1. The van der Waals surface area contributed by atoms with Crippen LogP contribution in [0.2, 0.25) is 0 Å². The Morgan fingerprint density at radius 3 is 1.72 bits per heavy atom. The van der Waals surface area contributed by atoms with Gasteiger partial charge in [-0.05, 0) is 0 Å². The topological polar surface area (TPSA) is 110 Å². The van der Waals surface area contributed by atoms with Gasteiger partial charge in [-0.1, -0.05) is 0 Å². The smallest absolute Gasteiger partial charge is 0.404 e. The van der Waals surface area contributed by atoms with E-state index in [1.807, 2.05) is 0 Å². The molecule has 0 aromatic carbocycles. The van der Waals surface area contributed by atoms with Crippen molar-refractivity contribution >= 4 is 22.1 Å². The van der Waals surface area contributed by atoms with E-state index in [0.717, 1.165) is 0 Å². The van der Waals surface area contributed by atoms with Crippen molar-refractivity contribution in [2.75, 3.05) is 14.2 Å². The second-order valence-corrected chi connectivity index (χ2v) is 4.47. The molecule has 0 saturated heterocycles. The van der Waals surface area contributed by atoms with Crippen molar-refractivity contribution in [1.29, 1.82) is 0 Å². The fourth-order valence-electron chi connectivity index (χ4n) is 1.09. The van der Waals surface area contributed by atoms with Crippen molar-refractivity contribution in [2.45, 2.75) is 11.4 Å². The van der Waals surface area contributed by atoms with E-state index in [4.69, 9.17) is 0 Å². The van der Waals surface area contributed by atoms with Gasteiger partial charge in [0, 0.05) is 0 Å². The van der Waals surface area contributed by atoms with Gasteiger partial charge in [0.2, 0.25) is 0 Å². The van der Waals surface area contributed by atoms with Crippen molar-refractivity contribution in [1.82, 2.24) is 0 Å². The van der Waals surface area contributed by atoms with Crippen molar-refractivity contribution in [3.05, 3.63) is 0 Å². The molecule has 106 valence electrons. The molecule has 0 aliphatic carbocycles. The van der Waals surface area contributed by atoms with Crippen LogP contribution in [0.3, 0.4) is 0 Å². The minimum absolute atomic E-state index is 0.548. The van der Waals surface area contributed by atoms with Crippen LogP contribution in [0.25, 0.3) is 0 Å². The Morgan fingerprint density at radius 2 is 1.50 bits per heavy atom. The highest BCUT2D eigenvalue weighted by Gasteiger charge is 2.56. The van der Waals surface area contributed by atoms with Gasteiger partial charge in [-0.2, -0.15) is 13.2 Å². The average molecular weight is 293 g/mol. The lowest BCUT2D eigenvalue weighted by Crippen LogP contribution is -2.49. The Labute approximate surface area is 99.6 Å². The number of carbonyl (C=O) groups excluding carboxylic acids is 2. The zero-order valence-corrected chi connectivity index (χ0v) is 9.87. The molecule has 0 saturated carbocycles. The summed E-state index contributed by atoms with van der Waals surface area (Å²) < 4.78 is 77.1. The van der Waals surface area contributed by atoms with Crippen LogP contribution in [0.4, 0.5) is 13.2 Å². The van der Waals surface area contributed by atoms with Crippen molar-refractivity contribution < 1.29 is 45.2 Å². The number of esters is 2. The molecule has 0 N–H and O–H groups in total. The van der Waals surface area contributed by atoms with Gasteiger partial charge in [-0.15, -0.1) is 0 Å². The van der Waals surface area contributed by atoms with Crippen LogP contribution in [0, 0.1) is 5.92 Å². The van der Waals surface area contributed by atoms with Gasteiger partial charge in [0.1, 0.15) is 10.1 Å². The van der Waals surface area contributed by atoms with E-state index in [-0.39, 0.29) is 0 Å². The maximum absolute atomic E-state index is 12.5. The molecule has 0 amide bonds. The van der Waals surface area contributed by atoms with Gasteiger partial charge in [0.05, 0.1) is 14.2 Å². The Morgan fingerprint density at radius 1 is 1.11 bits per heavy atom. The summed E-state index contributed by atoms with van der Waals surface area (Å²) in [5.41, 5.74) is 0. The highest BCUT2D eigenvalue weighted by atomic mass is 32.2. The van der Waals surface area contributed by atoms with Gasteiger partial charge in [-0.3, -0.25) is 9.59 Å². The third-order valence-corrected chi connectivity index (χ3v) is 2.94. The summed E-state index contributed by atoms with van der Waals surface area (Å²) in [4.78, 5) is 21.9. The second-order valence-electron chi connectivity index (χ2n) is 2.98. The molecule has 0 spiro atoms. The van der Waals surface area contributed by atoms with Crippen molar-refractivity contribution in [3.63, 3.8) is 0 Å². The lowest BCUT2D eigenvalue weighted by atomic mass is 10.1. The van der Waals surface area contributed by atoms with E-state index >= 15 is 0 Å². The Kier molecular flexibility index (Phi) is 5.10. The zero-order chi connectivity index (χ0) is 14.7. The average Bonchev–Trinajstić information content (AvgIpc) is 2.20. The molecule has 2 unspecified atom stereocenters. The van der Waals surface area contributed by atoms with E-state index < -0.39 is 39.4 Å². The van der Waals surface area contributed by atoms with E-state index in [9.17, 15) is 35.7 Å². The lowest BCUT2D eigenvalue weighted by molar-refractivity contribution is -0.199. The number of hydrogen-bond acceptors (Lipinski definition) is 7. The van der Waals surface area contributed by atoms with E-state index in [1.165, 1.54) is 0 Å². The summed E-state index contributed by atoms with van der Waals surface area (Å²) in [7, 11) is -4.64. The van der Waals surface area contributed by atoms with E-state index in [2.05, 4.69) is 9.47 Å². The molecule has 0 bridgehead atoms. The zero-order valence-electron chi connectivity index (χ0n) is 9.05. The number of alkyl halides is 3. The SMILES string of the molecule is COC(=O)C(C(C(=O)OC)S(=O)(=O)[O-])C(F)(F)F. The Balaban J connectivity index is 5.81. The molecular weight excluding hydrogens is 285 g/mol. The molecule has 0 aromatic rings.